The second-order valence-corrected chi connectivity index (χ2v) is 9.55. The van der Waals surface area contributed by atoms with Crippen LogP contribution in [0.5, 0.6) is 17.2 Å². The lowest BCUT2D eigenvalue weighted by atomic mass is 10.0. The number of rotatable bonds is 6. The molecule has 0 aromatic heterocycles. The van der Waals surface area contributed by atoms with Crippen LogP contribution in [0.15, 0.2) is 30.3 Å². The van der Waals surface area contributed by atoms with E-state index in [0.29, 0.717) is 17.1 Å². The molecule has 3 N–H and O–H groups in total. The average molecular weight is 391 g/mol. The van der Waals surface area contributed by atoms with Crippen LogP contribution in [0, 0.1) is 13.8 Å². The third-order valence-corrected chi connectivity index (χ3v) is 4.84. The third kappa shape index (κ3) is 5.59. The van der Waals surface area contributed by atoms with Gasteiger partial charge in [0.1, 0.15) is 17.2 Å². The fourth-order valence-electron chi connectivity index (χ4n) is 2.74. The predicted molar refractivity (Wildman–Crippen MR) is 106 cm³/mol. The van der Waals surface area contributed by atoms with Gasteiger partial charge in [-0.3, -0.25) is 9.36 Å². The van der Waals surface area contributed by atoms with Crippen LogP contribution in [0.3, 0.4) is 0 Å². The molecule has 0 saturated heterocycles. The van der Waals surface area contributed by atoms with Gasteiger partial charge in [-0.25, -0.2) is 0 Å². The number of phenolic OH excluding ortho intramolecular Hbond substituents is 1. The molecule has 2 aromatic carbocycles. The molecule has 0 aliphatic rings. The molecule has 0 aliphatic carbocycles. The number of carbonyl (C=O) groups is 1. The zero-order valence-electron chi connectivity index (χ0n) is 16.2. The number of aromatic hydroxyl groups is 1. The summed E-state index contributed by atoms with van der Waals surface area (Å²) in [6.07, 6.45) is -0.270. The van der Waals surface area contributed by atoms with Crippen molar-refractivity contribution < 1.29 is 24.1 Å². The molecule has 1 unspecified atom stereocenters. The molecule has 0 spiro atoms. The Labute approximate surface area is 159 Å². The molecule has 0 bridgehead atoms. The van der Waals surface area contributed by atoms with Crippen LogP contribution in [0.1, 0.15) is 46.8 Å². The number of amides is 1. The summed E-state index contributed by atoms with van der Waals surface area (Å²) in [4.78, 5) is 21.5. The van der Waals surface area contributed by atoms with E-state index in [1.165, 1.54) is 6.66 Å². The first-order chi connectivity index (χ1) is 12.5. The maximum atomic E-state index is 12.2. The monoisotopic (exact) mass is 391 g/mol. The van der Waals surface area contributed by atoms with Gasteiger partial charge in [-0.15, -0.1) is 0 Å². The fraction of sp³-hybridized carbons (Fsp3) is 0.350. The van der Waals surface area contributed by atoms with Gasteiger partial charge < -0.3 is 20.1 Å². The first kappa shape index (κ1) is 21.0. The number of benzene rings is 2. The van der Waals surface area contributed by atoms with Crippen molar-refractivity contribution in [3.05, 3.63) is 52.6 Å². The number of aryl methyl sites for hydroxylation is 2. The molecule has 1 amide bonds. The van der Waals surface area contributed by atoms with Gasteiger partial charge in [-0.1, -0.05) is 13.8 Å². The van der Waals surface area contributed by atoms with Gasteiger partial charge in [-0.05, 0) is 61.2 Å². The van der Waals surface area contributed by atoms with E-state index in [4.69, 9.17) is 4.74 Å². The van der Waals surface area contributed by atoms with Gasteiger partial charge in [0.2, 0.25) is 7.37 Å². The molecular weight excluding hydrogens is 365 g/mol. The van der Waals surface area contributed by atoms with E-state index in [0.717, 1.165) is 16.7 Å². The Bertz CT molecular complexity index is 878. The van der Waals surface area contributed by atoms with Crippen LogP contribution in [0.4, 0.5) is 0 Å². The Balaban J connectivity index is 2.26. The second-order valence-electron chi connectivity index (χ2n) is 7.13. The summed E-state index contributed by atoms with van der Waals surface area (Å²) < 4.78 is 17.4. The molecular formula is C20H26NO5P. The van der Waals surface area contributed by atoms with Gasteiger partial charge in [0.25, 0.3) is 5.91 Å². The second kappa shape index (κ2) is 8.15. The largest absolute Gasteiger partial charge is 0.508 e. The highest BCUT2D eigenvalue weighted by molar-refractivity contribution is 7.57. The van der Waals surface area contributed by atoms with Crippen LogP contribution < -0.4 is 10.1 Å². The van der Waals surface area contributed by atoms with Crippen molar-refractivity contribution in [2.45, 2.75) is 33.6 Å². The van der Waals surface area contributed by atoms with E-state index < -0.39 is 13.3 Å². The van der Waals surface area contributed by atoms with E-state index in [1.54, 1.807) is 30.3 Å². The zero-order valence-corrected chi connectivity index (χ0v) is 17.1. The summed E-state index contributed by atoms with van der Waals surface area (Å²) in [6, 6.07) is 8.47. The van der Waals surface area contributed by atoms with Gasteiger partial charge in [-0.2, -0.15) is 0 Å². The summed E-state index contributed by atoms with van der Waals surface area (Å²) in [5.74, 6) is 1.22. The molecule has 6 nitrogen and oxygen atoms in total. The first-order valence-corrected chi connectivity index (χ1v) is 11.0. The van der Waals surface area contributed by atoms with E-state index in [9.17, 15) is 19.4 Å². The van der Waals surface area contributed by atoms with Gasteiger partial charge in [0.15, 0.2) is 0 Å². The molecule has 146 valence electrons. The van der Waals surface area contributed by atoms with E-state index in [-0.39, 0.29) is 18.0 Å². The lowest BCUT2D eigenvalue weighted by Gasteiger charge is -2.16. The fourth-order valence-corrected chi connectivity index (χ4v) is 3.18. The van der Waals surface area contributed by atoms with Crippen molar-refractivity contribution in [2.24, 2.45) is 0 Å². The molecule has 27 heavy (non-hydrogen) atoms. The van der Waals surface area contributed by atoms with Crippen molar-refractivity contribution in [2.75, 3.05) is 13.0 Å². The van der Waals surface area contributed by atoms with Gasteiger partial charge in [0.05, 0.1) is 6.29 Å². The van der Waals surface area contributed by atoms with Crippen LogP contribution in [-0.2, 0) is 4.57 Å². The normalized spacial score (nSPS) is 13.3. The number of ether oxygens (including phenoxy) is 1. The minimum absolute atomic E-state index is 0.155. The minimum Gasteiger partial charge on any atom is -0.508 e. The summed E-state index contributed by atoms with van der Waals surface area (Å²) >= 11 is 0. The van der Waals surface area contributed by atoms with Crippen molar-refractivity contribution in [1.29, 1.82) is 0 Å². The number of carbonyl (C=O) groups excluding carboxylic acids is 1. The quantitative estimate of drug-likeness (QED) is 0.630. The van der Waals surface area contributed by atoms with Crippen LogP contribution in [0.2, 0.25) is 0 Å². The highest BCUT2D eigenvalue weighted by Gasteiger charge is 2.16. The molecule has 2 aromatic rings. The lowest BCUT2D eigenvalue weighted by molar-refractivity contribution is 0.0958. The van der Waals surface area contributed by atoms with Crippen LogP contribution in [0.25, 0.3) is 0 Å². The van der Waals surface area contributed by atoms with Crippen molar-refractivity contribution in [1.82, 2.24) is 5.32 Å². The number of phenols is 1. The van der Waals surface area contributed by atoms with Crippen molar-refractivity contribution in [3.63, 3.8) is 0 Å². The molecule has 2 rings (SSSR count). The Morgan fingerprint density at radius 3 is 2.30 bits per heavy atom. The van der Waals surface area contributed by atoms with E-state index in [2.05, 4.69) is 5.32 Å². The van der Waals surface area contributed by atoms with Crippen molar-refractivity contribution in [3.8, 4) is 17.2 Å². The Morgan fingerprint density at radius 1 is 1.19 bits per heavy atom. The average Bonchev–Trinajstić information content (AvgIpc) is 2.56. The maximum absolute atomic E-state index is 12.2. The topological polar surface area (TPSA) is 95.9 Å². The zero-order chi connectivity index (χ0) is 20.4. The summed E-state index contributed by atoms with van der Waals surface area (Å²) in [6.45, 7) is 8.84. The molecule has 0 aliphatic heterocycles. The number of hydrogen-bond donors (Lipinski definition) is 3. The first-order valence-electron chi connectivity index (χ1n) is 8.67. The summed E-state index contributed by atoms with van der Waals surface area (Å²) in [5.41, 5.74) is 2.73. The lowest BCUT2D eigenvalue weighted by Crippen LogP contribution is -2.24. The molecule has 1 atom stereocenters. The molecule has 0 heterocycles. The Hall–Kier alpha value is -2.30. The SMILES string of the molecule is Cc1cc(C(=O)NCP(C)(=O)O)cc(C)c1Oc1ccc(O)c(C(C)C)c1. The van der Waals surface area contributed by atoms with Crippen LogP contribution in [-0.4, -0.2) is 28.9 Å². The summed E-state index contributed by atoms with van der Waals surface area (Å²) in [5, 5.41) is 12.4. The van der Waals surface area contributed by atoms with Gasteiger partial charge in [0, 0.05) is 17.8 Å². The highest BCUT2D eigenvalue weighted by Crippen LogP contribution is 2.35. The van der Waals surface area contributed by atoms with Gasteiger partial charge >= 0.3 is 0 Å². The smallest absolute Gasteiger partial charge is 0.251 e. The molecule has 0 fully saturated rings. The predicted octanol–water partition coefficient (Wildman–Crippen LogP) is 4.51. The Morgan fingerprint density at radius 2 is 1.78 bits per heavy atom. The van der Waals surface area contributed by atoms with E-state index >= 15 is 0 Å². The number of nitrogens with one attached hydrogen (secondary N) is 1. The van der Waals surface area contributed by atoms with Crippen LogP contribution >= 0.6 is 7.37 Å². The molecule has 0 radical (unpaired) electrons. The van der Waals surface area contributed by atoms with E-state index in [1.807, 2.05) is 27.7 Å². The summed E-state index contributed by atoms with van der Waals surface area (Å²) in [7, 11) is -3.31. The molecule has 0 saturated carbocycles. The Kier molecular flexibility index (Phi) is 6.34. The highest BCUT2D eigenvalue weighted by atomic mass is 31.2. The third-order valence-electron chi connectivity index (χ3n) is 4.10. The number of hydrogen-bond acceptors (Lipinski definition) is 4. The molecule has 7 heteroatoms. The minimum atomic E-state index is -3.31. The van der Waals surface area contributed by atoms with Crippen molar-refractivity contribution >= 4 is 13.3 Å². The standard InChI is InChI=1S/C20H26NO5P/c1-12(2)17-10-16(6-7-18(17)22)26-19-13(3)8-15(9-14(19)4)20(23)21-11-27(5,24)25/h6-10,12,22H,11H2,1-5H3,(H,21,23)(H,24,25). The maximum Gasteiger partial charge on any atom is 0.251 e.